The van der Waals surface area contributed by atoms with Crippen molar-refractivity contribution < 1.29 is 23.5 Å². The van der Waals surface area contributed by atoms with Crippen LogP contribution in [0.3, 0.4) is 0 Å². The lowest BCUT2D eigenvalue weighted by Crippen LogP contribution is -2.47. The SMILES string of the molecule is CC1CCC(OCC(=O)N(CC2CCC(CC3CCC(OCC(=O)N(CC4CC5(CCCCCC5)CS4)C4CCC(F)CC4)CC3)CC2)C2CCCCC2)CC1. The van der Waals surface area contributed by atoms with Crippen LogP contribution in [-0.2, 0) is 19.1 Å². The molecule has 7 fully saturated rings. The quantitative estimate of drug-likeness (QED) is 0.175. The van der Waals surface area contributed by atoms with Crippen LogP contribution in [0.1, 0.15) is 193 Å². The van der Waals surface area contributed by atoms with Gasteiger partial charge in [-0.2, -0.15) is 11.8 Å². The maximum Gasteiger partial charge on any atom is 0.248 e. The van der Waals surface area contributed by atoms with Crippen LogP contribution in [0.2, 0.25) is 0 Å². The van der Waals surface area contributed by atoms with Gasteiger partial charge in [-0.05, 0) is 163 Å². The lowest BCUT2D eigenvalue weighted by molar-refractivity contribution is -0.143. The van der Waals surface area contributed by atoms with Gasteiger partial charge in [0.05, 0.1) is 12.2 Å². The van der Waals surface area contributed by atoms with Crippen molar-refractivity contribution in [1.29, 1.82) is 0 Å². The van der Waals surface area contributed by atoms with Crippen LogP contribution in [-0.4, -0.2) is 89.4 Å². The molecule has 1 aliphatic heterocycles. The Morgan fingerprint density at radius 1 is 0.589 bits per heavy atom. The highest BCUT2D eigenvalue weighted by Gasteiger charge is 2.42. The summed E-state index contributed by atoms with van der Waals surface area (Å²) in [6, 6.07) is 0.594. The van der Waals surface area contributed by atoms with E-state index in [0.29, 0.717) is 35.5 Å². The molecule has 0 aromatic rings. The molecule has 2 amide bonds. The van der Waals surface area contributed by atoms with Crippen LogP contribution < -0.4 is 0 Å². The summed E-state index contributed by atoms with van der Waals surface area (Å²) in [5, 5.41) is 0.513. The highest BCUT2D eigenvalue weighted by atomic mass is 32.2. The van der Waals surface area contributed by atoms with Crippen molar-refractivity contribution in [1.82, 2.24) is 9.80 Å². The number of carbonyl (C=O) groups excluding carboxylic acids is 2. The van der Waals surface area contributed by atoms with Crippen molar-refractivity contribution in [3.63, 3.8) is 0 Å². The third kappa shape index (κ3) is 12.6. The molecule has 6 nitrogen and oxygen atoms in total. The Morgan fingerprint density at radius 3 is 1.70 bits per heavy atom. The van der Waals surface area contributed by atoms with Gasteiger partial charge in [0, 0.05) is 30.4 Å². The van der Waals surface area contributed by atoms with E-state index in [1.807, 2.05) is 0 Å². The maximum absolute atomic E-state index is 14.2. The zero-order valence-electron chi connectivity index (χ0n) is 35.6. The number of hydrogen-bond acceptors (Lipinski definition) is 5. The number of halogens is 1. The molecule has 0 bridgehead atoms. The third-order valence-corrected chi connectivity index (χ3v) is 17.9. The fourth-order valence-corrected chi connectivity index (χ4v) is 14.3. The first-order chi connectivity index (χ1) is 27.3. The summed E-state index contributed by atoms with van der Waals surface area (Å²) in [5.41, 5.74) is 0.490. The average Bonchev–Trinajstić information content (AvgIpc) is 3.48. The fraction of sp³-hybridized carbons (Fsp3) is 0.958. The standard InChI is InChI=1S/C48H81FN2O4S/c1-36-11-23-43(24-12-36)54-33-46(52)50(41-9-5-4-6-10-41)31-39-15-13-37(14-16-39)29-38-17-25-44(26-18-38)55-34-47(53)51(42-21-19-40(49)20-22-42)32-45-30-48(35-56-45)27-7-2-3-8-28-48/h36-45H,2-35H2,1H3. The van der Waals surface area contributed by atoms with E-state index in [4.69, 9.17) is 9.47 Å². The summed E-state index contributed by atoms with van der Waals surface area (Å²) >= 11 is 2.11. The molecule has 6 saturated carbocycles. The minimum Gasteiger partial charge on any atom is -0.368 e. The minimum atomic E-state index is -0.702. The second kappa shape index (κ2) is 21.6. The summed E-state index contributed by atoms with van der Waals surface area (Å²) in [6.07, 6.45) is 33.9. The molecule has 1 saturated heterocycles. The van der Waals surface area contributed by atoms with Gasteiger partial charge in [0.2, 0.25) is 11.8 Å². The van der Waals surface area contributed by atoms with E-state index in [1.54, 1.807) is 0 Å². The molecule has 1 spiro atoms. The first-order valence-corrected chi connectivity index (χ1v) is 25.4. The van der Waals surface area contributed by atoms with E-state index in [9.17, 15) is 14.0 Å². The summed E-state index contributed by atoms with van der Waals surface area (Å²) in [5.74, 6) is 4.68. The number of carbonyl (C=O) groups is 2. The van der Waals surface area contributed by atoms with Gasteiger partial charge in [-0.15, -0.1) is 0 Å². The third-order valence-electron chi connectivity index (χ3n) is 16.3. The van der Waals surface area contributed by atoms with Gasteiger partial charge in [0.25, 0.3) is 0 Å². The Hall–Kier alpha value is -0.860. The van der Waals surface area contributed by atoms with Gasteiger partial charge >= 0.3 is 0 Å². The largest absolute Gasteiger partial charge is 0.368 e. The highest BCUT2D eigenvalue weighted by Crippen LogP contribution is 2.50. The van der Waals surface area contributed by atoms with Crippen LogP contribution in [0.25, 0.3) is 0 Å². The van der Waals surface area contributed by atoms with Crippen LogP contribution in [0.5, 0.6) is 0 Å². The Bertz CT molecular complexity index is 1180. The number of nitrogens with zero attached hydrogens (tertiary/aromatic N) is 2. The van der Waals surface area contributed by atoms with Crippen molar-refractivity contribution in [2.24, 2.45) is 29.1 Å². The van der Waals surface area contributed by atoms with Gasteiger partial charge in [-0.25, -0.2) is 4.39 Å². The molecule has 7 rings (SSSR count). The molecule has 1 unspecified atom stereocenters. The van der Waals surface area contributed by atoms with Gasteiger partial charge < -0.3 is 19.3 Å². The van der Waals surface area contributed by atoms with Crippen molar-refractivity contribution in [3.8, 4) is 0 Å². The molecular weight excluding hydrogens is 720 g/mol. The topological polar surface area (TPSA) is 59.1 Å². The van der Waals surface area contributed by atoms with Crippen LogP contribution in [0.4, 0.5) is 4.39 Å². The molecule has 7 aliphatic rings. The molecule has 6 aliphatic carbocycles. The number of alkyl halides is 1. The lowest BCUT2D eigenvalue weighted by Gasteiger charge is -2.40. The summed E-state index contributed by atoms with van der Waals surface area (Å²) in [4.78, 5) is 32.0. The average molecular weight is 801 g/mol. The molecule has 0 aromatic carbocycles. The summed E-state index contributed by atoms with van der Waals surface area (Å²) < 4.78 is 26.8. The van der Waals surface area contributed by atoms with Gasteiger partial charge in [0.15, 0.2) is 0 Å². The normalized spacial score (nSPS) is 35.9. The smallest absolute Gasteiger partial charge is 0.248 e. The van der Waals surface area contributed by atoms with Crippen molar-refractivity contribution >= 4 is 23.6 Å². The Labute approximate surface area is 345 Å². The molecule has 0 radical (unpaired) electrons. The second-order valence-electron chi connectivity index (χ2n) is 20.6. The van der Waals surface area contributed by atoms with Crippen LogP contribution in [0.15, 0.2) is 0 Å². The fourth-order valence-electron chi connectivity index (χ4n) is 12.6. The van der Waals surface area contributed by atoms with E-state index in [1.165, 1.54) is 141 Å². The molecule has 1 heterocycles. The van der Waals surface area contributed by atoms with Gasteiger partial charge in [0.1, 0.15) is 19.4 Å². The number of amides is 2. The number of ether oxygens (including phenoxy) is 2. The monoisotopic (exact) mass is 801 g/mol. The highest BCUT2D eigenvalue weighted by molar-refractivity contribution is 8.00. The zero-order valence-corrected chi connectivity index (χ0v) is 36.4. The molecule has 0 aromatic heterocycles. The van der Waals surface area contributed by atoms with E-state index in [0.717, 1.165) is 69.4 Å². The maximum atomic E-state index is 14.2. The summed E-state index contributed by atoms with van der Waals surface area (Å²) in [7, 11) is 0. The van der Waals surface area contributed by atoms with Crippen LogP contribution >= 0.6 is 11.8 Å². The molecule has 0 N–H and O–H groups in total. The van der Waals surface area contributed by atoms with Gasteiger partial charge in [-0.3, -0.25) is 9.59 Å². The van der Waals surface area contributed by atoms with E-state index in [-0.39, 0.29) is 43.3 Å². The predicted octanol–water partition coefficient (Wildman–Crippen LogP) is 11.5. The zero-order chi connectivity index (χ0) is 38.7. The second-order valence-corrected chi connectivity index (χ2v) is 21.9. The first kappa shape index (κ1) is 43.2. The van der Waals surface area contributed by atoms with Crippen molar-refractivity contribution in [3.05, 3.63) is 0 Å². The Kier molecular flexibility index (Phi) is 16.7. The summed E-state index contributed by atoms with van der Waals surface area (Å²) in [6.45, 7) is 4.59. The molecule has 1 atom stereocenters. The Balaban J connectivity index is 0.817. The van der Waals surface area contributed by atoms with Crippen molar-refractivity contribution in [2.45, 2.75) is 229 Å². The van der Waals surface area contributed by atoms with E-state index < -0.39 is 6.17 Å². The van der Waals surface area contributed by atoms with E-state index in [2.05, 4.69) is 28.5 Å². The number of hydrogen-bond donors (Lipinski definition) is 0. The lowest BCUT2D eigenvalue weighted by atomic mass is 9.74. The number of rotatable bonds is 14. The predicted molar refractivity (Wildman–Crippen MR) is 228 cm³/mol. The first-order valence-electron chi connectivity index (χ1n) is 24.4. The molecular formula is C48H81FN2O4S. The number of thioether (sulfide) groups is 1. The van der Waals surface area contributed by atoms with Gasteiger partial charge in [-0.1, -0.05) is 64.7 Å². The Morgan fingerprint density at radius 2 is 1.09 bits per heavy atom. The molecule has 8 heteroatoms. The minimum absolute atomic E-state index is 0.156. The van der Waals surface area contributed by atoms with Crippen molar-refractivity contribution in [2.75, 3.05) is 32.1 Å². The van der Waals surface area contributed by atoms with E-state index >= 15 is 0 Å². The van der Waals surface area contributed by atoms with Crippen LogP contribution in [0, 0.1) is 29.1 Å². The molecule has 56 heavy (non-hydrogen) atoms. The molecule has 320 valence electrons.